The molecule has 0 saturated heterocycles. The van der Waals surface area contributed by atoms with Crippen molar-refractivity contribution < 1.29 is 19.1 Å². The van der Waals surface area contributed by atoms with Crippen molar-refractivity contribution in [1.82, 2.24) is 0 Å². The van der Waals surface area contributed by atoms with E-state index in [4.69, 9.17) is 9.47 Å². The van der Waals surface area contributed by atoms with Gasteiger partial charge in [-0.05, 0) is 50.2 Å². The van der Waals surface area contributed by atoms with Crippen molar-refractivity contribution in [1.29, 1.82) is 0 Å². The van der Waals surface area contributed by atoms with Crippen LogP contribution >= 0.6 is 0 Å². The van der Waals surface area contributed by atoms with Crippen molar-refractivity contribution >= 4 is 17.7 Å². The van der Waals surface area contributed by atoms with E-state index in [1.165, 1.54) is 83.5 Å². The molecular formula is C37H65NO4. The number of hydrogen-bond donors (Lipinski definition) is 1. The quantitative estimate of drug-likeness (QED) is 0.105. The Morgan fingerprint density at radius 1 is 0.619 bits per heavy atom. The minimum absolute atomic E-state index is 0.0326. The average Bonchev–Trinajstić information content (AvgIpc) is 2.84. The zero-order valence-electron chi connectivity index (χ0n) is 29.1. The van der Waals surface area contributed by atoms with Gasteiger partial charge < -0.3 is 14.8 Å². The molecule has 42 heavy (non-hydrogen) atoms. The van der Waals surface area contributed by atoms with Crippen LogP contribution in [0.3, 0.4) is 0 Å². The fraction of sp³-hybridized carbons (Fsp3) is 0.784. The second-order valence-corrected chi connectivity index (χ2v) is 15.2. The largest absolute Gasteiger partial charge is 0.514 e. The number of carbonyl (C=O) groups is 2. The minimum atomic E-state index is -0.719. The molecule has 1 N–H and O–H groups in total. The molecule has 0 aliphatic carbocycles. The molecule has 0 spiro atoms. The second-order valence-electron chi connectivity index (χ2n) is 15.2. The standard InChI is InChI=1S/C37H65NO4/c1-11-12-13-14-15-16-17-18-19-20-21-22-23-24-25-26-32(39)38-29-27-30(35(2,3)4)33(31(28-29)36(5,6)7)41-34(40)42-37(8,9)10/h27-28H,11-26H2,1-10H3,(H,38,39). The van der Waals surface area contributed by atoms with Gasteiger partial charge >= 0.3 is 6.16 Å². The van der Waals surface area contributed by atoms with E-state index in [-0.39, 0.29) is 16.7 Å². The maximum atomic E-state index is 12.9. The normalized spacial score (nSPS) is 12.3. The van der Waals surface area contributed by atoms with Crippen LogP contribution in [-0.4, -0.2) is 17.7 Å². The first-order valence-corrected chi connectivity index (χ1v) is 16.9. The van der Waals surface area contributed by atoms with Gasteiger partial charge in [0, 0.05) is 23.2 Å². The molecule has 5 nitrogen and oxygen atoms in total. The van der Waals surface area contributed by atoms with Crippen molar-refractivity contribution in [2.45, 2.75) is 188 Å². The van der Waals surface area contributed by atoms with Crippen molar-refractivity contribution in [2.24, 2.45) is 0 Å². The molecule has 0 saturated carbocycles. The number of amides is 1. The molecule has 242 valence electrons. The summed E-state index contributed by atoms with van der Waals surface area (Å²) in [6.45, 7) is 20.2. The topological polar surface area (TPSA) is 64.6 Å². The van der Waals surface area contributed by atoms with Gasteiger partial charge in [0.25, 0.3) is 0 Å². The molecule has 0 aromatic heterocycles. The molecule has 0 aliphatic heterocycles. The number of nitrogens with one attached hydrogen (secondary N) is 1. The van der Waals surface area contributed by atoms with E-state index in [0.717, 1.165) is 29.7 Å². The Hall–Kier alpha value is -2.04. The Bertz CT molecular complexity index is 896. The predicted octanol–water partition coefficient (Wildman–Crippen LogP) is 11.8. The maximum Gasteiger partial charge on any atom is 0.514 e. The molecule has 1 aromatic rings. The lowest BCUT2D eigenvalue weighted by molar-refractivity contribution is -0.116. The first kappa shape index (κ1) is 38.0. The molecule has 0 radical (unpaired) electrons. The zero-order chi connectivity index (χ0) is 31.8. The van der Waals surface area contributed by atoms with Crippen molar-refractivity contribution in [2.75, 3.05) is 5.32 Å². The van der Waals surface area contributed by atoms with Gasteiger partial charge in [0.15, 0.2) is 0 Å². The Labute approximate surface area is 259 Å². The van der Waals surface area contributed by atoms with Gasteiger partial charge in [-0.1, -0.05) is 138 Å². The number of benzene rings is 1. The van der Waals surface area contributed by atoms with Gasteiger partial charge in [-0.15, -0.1) is 0 Å². The van der Waals surface area contributed by atoms with Gasteiger partial charge in [0.2, 0.25) is 5.91 Å². The van der Waals surface area contributed by atoms with E-state index >= 15 is 0 Å². The molecule has 0 unspecified atom stereocenters. The van der Waals surface area contributed by atoms with Crippen molar-refractivity contribution in [3.63, 3.8) is 0 Å². The van der Waals surface area contributed by atoms with Gasteiger partial charge in [-0.2, -0.15) is 0 Å². The summed E-state index contributed by atoms with van der Waals surface area (Å²) in [6, 6.07) is 3.89. The molecule has 5 heteroatoms. The molecule has 1 rings (SSSR count). The summed E-state index contributed by atoms with van der Waals surface area (Å²) < 4.78 is 11.3. The van der Waals surface area contributed by atoms with Crippen LogP contribution in [-0.2, 0) is 20.4 Å². The van der Waals surface area contributed by atoms with E-state index in [2.05, 4.69) is 53.8 Å². The zero-order valence-corrected chi connectivity index (χ0v) is 29.1. The highest BCUT2D eigenvalue weighted by Gasteiger charge is 2.31. The highest BCUT2D eigenvalue weighted by molar-refractivity contribution is 5.91. The summed E-state index contributed by atoms with van der Waals surface area (Å²) in [4.78, 5) is 25.5. The highest BCUT2D eigenvalue weighted by atomic mass is 16.7. The predicted molar refractivity (Wildman–Crippen MR) is 179 cm³/mol. The summed E-state index contributed by atoms with van der Waals surface area (Å²) >= 11 is 0. The summed E-state index contributed by atoms with van der Waals surface area (Å²) in [5, 5.41) is 3.12. The number of unbranched alkanes of at least 4 members (excludes halogenated alkanes) is 14. The summed E-state index contributed by atoms with van der Waals surface area (Å²) in [5.74, 6) is 0.551. The van der Waals surface area contributed by atoms with Crippen LogP contribution in [0.2, 0.25) is 0 Å². The van der Waals surface area contributed by atoms with Gasteiger partial charge in [-0.3, -0.25) is 4.79 Å². The summed E-state index contributed by atoms with van der Waals surface area (Å²) in [7, 11) is 0. The number of hydrogen-bond acceptors (Lipinski definition) is 4. The molecule has 0 bridgehead atoms. The summed E-state index contributed by atoms with van der Waals surface area (Å²) in [6.07, 6.45) is 19.4. The Morgan fingerprint density at radius 3 is 1.36 bits per heavy atom. The van der Waals surface area contributed by atoms with Gasteiger partial charge in [-0.25, -0.2) is 4.79 Å². The van der Waals surface area contributed by atoms with E-state index in [1.54, 1.807) is 0 Å². The van der Waals surface area contributed by atoms with Crippen LogP contribution in [0.25, 0.3) is 0 Å². The number of carbonyl (C=O) groups excluding carboxylic acids is 2. The maximum absolute atomic E-state index is 12.9. The van der Waals surface area contributed by atoms with Crippen molar-refractivity contribution in [3.05, 3.63) is 23.3 Å². The van der Waals surface area contributed by atoms with Crippen LogP contribution < -0.4 is 10.1 Å². The van der Waals surface area contributed by atoms with E-state index in [9.17, 15) is 9.59 Å². The fourth-order valence-electron chi connectivity index (χ4n) is 5.16. The Morgan fingerprint density at radius 2 is 1.00 bits per heavy atom. The monoisotopic (exact) mass is 587 g/mol. The van der Waals surface area contributed by atoms with Crippen LogP contribution in [0.15, 0.2) is 12.1 Å². The smallest absolute Gasteiger partial charge is 0.428 e. The van der Waals surface area contributed by atoms with Crippen molar-refractivity contribution in [3.8, 4) is 5.75 Å². The second kappa shape index (κ2) is 18.6. The third-order valence-electron chi connectivity index (χ3n) is 7.57. The fourth-order valence-corrected chi connectivity index (χ4v) is 5.16. The molecule has 0 aliphatic rings. The molecule has 1 amide bonds. The third-order valence-corrected chi connectivity index (χ3v) is 7.57. The molecule has 1 aromatic carbocycles. The number of anilines is 1. The van der Waals surface area contributed by atoms with Crippen LogP contribution in [0.5, 0.6) is 5.75 Å². The lowest BCUT2D eigenvalue weighted by Crippen LogP contribution is -2.28. The lowest BCUT2D eigenvalue weighted by Gasteiger charge is -2.30. The van der Waals surface area contributed by atoms with Crippen LogP contribution in [0, 0.1) is 0 Å². The molecule has 0 fully saturated rings. The number of rotatable bonds is 18. The first-order chi connectivity index (χ1) is 19.5. The van der Waals surface area contributed by atoms with E-state index < -0.39 is 11.8 Å². The minimum Gasteiger partial charge on any atom is -0.428 e. The highest BCUT2D eigenvalue weighted by Crippen LogP contribution is 2.42. The molecular weight excluding hydrogens is 522 g/mol. The Kier molecular flexibility index (Phi) is 16.8. The van der Waals surface area contributed by atoms with Gasteiger partial charge in [0.05, 0.1) is 0 Å². The molecule has 0 atom stereocenters. The Balaban J connectivity index is 2.57. The average molecular weight is 588 g/mol. The van der Waals surface area contributed by atoms with Crippen LogP contribution in [0.1, 0.15) is 183 Å². The number of ether oxygens (including phenoxy) is 2. The lowest BCUT2D eigenvalue weighted by atomic mass is 9.79. The molecule has 0 heterocycles. The van der Waals surface area contributed by atoms with E-state index in [1.807, 2.05) is 32.9 Å². The van der Waals surface area contributed by atoms with E-state index in [0.29, 0.717) is 12.2 Å². The van der Waals surface area contributed by atoms with Crippen LogP contribution in [0.4, 0.5) is 10.5 Å². The van der Waals surface area contributed by atoms with Gasteiger partial charge in [0.1, 0.15) is 11.4 Å². The SMILES string of the molecule is CCCCCCCCCCCCCCCCCC(=O)Nc1cc(C(C)(C)C)c(OC(=O)OC(C)(C)C)c(C(C)(C)C)c1. The first-order valence-electron chi connectivity index (χ1n) is 16.9. The summed E-state index contributed by atoms with van der Waals surface area (Å²) in [5.41, 5.74) is 1.19. The third kappa shape index (κ3) is 16.6.